The minimum atomic E-state index is -0.410. The summed E-state index contributed by atoms with van der Waals surface area (Å²) < 4.78 is 9.79. The Labute approximate surface area is 112 Å². The van der Waals surface area contributed by atoms with E-state index < -0.39 is 5.97 Å². The summed E-state index contributed by atoms with van der Waals surface area (Å²) in [6.45, 7) is 7.77. The number of rotatable bonds is 5. The molecule has 5 heteroatoms. The molecule has 0 aliphatic carbocycles. The zero-order valence-corrected chi connectivity index (χ0v) is 11.7. The van der Waals surface area contributed by atoms with Gasteiger partial charge in [0.15, 0.2) is 0 Å². The number of aryl methyl sites for hydroxylation is 1. The highest BCUT2D eigenvalue weighted by molar-refractivity contribution is 5.94. The third-order valence-corrected chi connectivity index (χ3v) is 2.63. The lowest BCUT2D eigenvalue weighted by molar-refractivity contribution is -0.137. The molecule has 0 saturated carbocycles. The van der Waals surface area contributed by atoms with Gasteiger partial charge in [0.1, 0.15) is 0 Å². The van der Waals surface area contributed by atoms with E-state index in [4.69, 9.17) is 9.47 Å². The predicted molar refractivity (Wildman–Crippen MR) is 71.9 cm³/mol. The van der Waals surface area contributed by atoms with Crippen LogP contribution in [0.25, 0.3) is 6.08 Å². The largest absolute Gasteiger partial charge is 0.463 e. The number of nitrogens with one attached hydrogen (secondary N) is 1. The van der Waals surface area contributed by atoms with E-state index >= 15 is 0 Å². The van der Waals surface area contributed by atoms with Gasteiger partial charge in [0.2, 0.25) is 0 Å². The first kappa shape index (κ1) is 15.0. The monoisotopic (exact) mass is 265 g/mol. The molecule has 0 amide bonds. The number of aromatic nitrogens is 1. The van der Waals surface area contributed by atoms with Gasteiger partial charge in [-0.05, 0) is 39.3 Å². The zero-order valence-electron chi connectivity index (χ0n) is 11.7. The van der Waals surface area contributed by atoms with Crippen LogP contribution in [-0.4, -0.2) is 30.1 Å². The molecule has 0 aliphatic heterocycles. The van der Waals surface area contributed by atoms with Crippen molar-refractivity contribution >= 4 is 18.0 Å². The Bertz CT molecular complexity index is 500. The minimum Gasteiger partial charge on any atom is -0.463 e. The van der Waals surface area contributed by atoms with Crippen molar-refractivity contribution in [2.24, 2.45) is 0 Å². The fourth-order valence-electron chi connectivity index (χ4n) is 1.79. The lowest BCUT2D eigenvalue weighted by Crippen LogP contribution is -2.06. The van der Waals surface area contributed by atoms with Crippen LogP contribution >= 0.6 is 0 Å². The van der Waals surface area contributed by atoms with Crippen molar-refractivity contribution < 1.29 is 19.1 Å². The Morgan fingerprint density at radius 1 is 1.16 bits per heavy atom. The third-order valence-electron chi connectivity index (χ3n) is 2.63. The van der Waals surface area contributed by atoms with Crippen molar-refractivity contribution in [3.8, 4) is 0 Å². The van der Waals surface area contributed by atoms with Gasteiger partial charge in [-0.1, -0.05) is 0 Å². The quantitative estimate of drug-likeness (QED) is 0.655. The third kappa shape index (κ3) is 3.71. The first-order valence-electron chi connectivity index (χ1n) is 6.22. The van der Waals surface area contributed by atoms with Crippen LogP contribution in [0.15, 0.2) is 6.08 Å². The van der Waals surface area contributed by atoms with E-state index in [1.807, 2.05) is 0 Å². The Balaban J connectivity index is 2.96. The average molecular weight is 265 g/mol. The molecular weight excluding hydrogens is 246 g/mol. The van der Waals surface area contributed by atoms with Crippen molar-refractivity contribution in [2.75, 3.05) is 13.2 Å². The fourth-order valence-corrected chi connectivity index (χ4v) is 1.79. The van der Waals surface area contributed by atoms with E-state index in [-0.39, 0.29) is 5.97 Å². The maximum absolute atomic E-state index is 11.8. The van der Waals surface area contributed by atoms with Gasteiger partial charge < -0.3 is 14.5 Å². The number of hydrogen-bond donors (Lipinski definition) is 1. The molecule has 0 fully saturated rings. The molecule has 0 radical (unpaired) electrons. The van der Waals surface area contributed by atoms with Gasteiger partial charge in [0, 0.05) is 17.5 Å². The molecule has 0 aromatic carbocycles. The molecule has 1 N–H and O–H groups in total. The van der Waals surface area contributed by atoms with Gasteiger partial charge in [0.05, 0.1) is 18.8 Å². The van der Waals surface area contributed by atoms with Crippen LogP contribution in [0.1, 0.15) is 41.2 Å². The Morgan fingerprint density at radius 2 is 1.79 bits per heavy atom. The molecule has 0 unspecified atom stereocenters. The summed E-state index contributed by atoms with van der Waals surface area (Å²) in [5.41, 5.74) is 2.70. The van der Waals surface area contributed by atoms with Crippen molar-refractivity contribution in [1.29, 1.82) is 0 Å². The number of carbonyl (C=O) groups excluding carboxylic acids is 2. The highest BCUT2D eigenvalue weighted by Crippen LogP contribution is 2.20. The van der Waals surface area contributed by atoms with Crippen LogP contribution < -0.4 is 0 Å². The number of H-pyrrole nitrogens is 1. The molecule has 0 aliphatic rings. The summed E-state index contributed by atoms with van der Waals surface area (Å²) in [6, 6.07) is 0. The van der Waals surface area contributed by atoms with Crippen molar-refractivity contribution in [2.45, 2.75) is 27.7 Å². The van der Waals surface area contributed by atoms with Gasteiger partial charge in [-0.2, -0.15) is 0 Å². The molecule has 0 saturated heterocycles. The second kappa shape index (κ2) is 6.78. The molecule has 1 rings (SSSR count). The molecule has 1 heterocycles. The van der Waals surface area contributed by atoms with Crippen LogP contribution in [0.4, 0.5) is 0 Å². The molecule has 1 aromatic rings. The molecule has 5 nitrogen and oxygen atoms in total. The SMILES string of the molecule is CCOC(=O)C=Cc1[nH]c(C)c(C(=O)OCC)c1C. The first-order valence-corrected chi connectivity index (χ1v) is 6.22. The maximum atomic E-state index is 11.8. The first-order chi connectivity index (χ1) is 9.01. The molecule has 0 spiro atoms. The van der Waals surface area contributed by atoms with Gasteiger partial charge in [0.25, 0.3) is 0 Å². The van der Waals surface area contributed by atoms with E-state index in [9.17, 15) is 9.59 Å². The highest BCUT2D eigenvalue weighted by atomic mass is 16.5. The Morgan fingerprint density at radius 3 is 2.37 bits per heavy atom. The molecule has 104 valence electrons. The summed E-state index contributed by atoms with van der Waals surface area (Å²) >= 11 is 0. The zero-order chi connectivity index (χ0) is 14.4. The van der Waals surface area contributed by atoms with Crippen LogP contribution in [0.3, 0.4) is 0 Å². The molecular formula is C14H19NO4. The molecule has 0 bridgehead atoms. The second-order valence-corrected chi connectivity index (χ2v) is 3.97. The standard InChI is InChI=1S/C14H19NO4/c1-5-18-12(16)8-7-11-9(3)13(10(4)15-11)14(17)19-6-2/h7-8,15H,5-6H2,1-4H3. The van der Waals surface area contributed by atoms with E-state index in [1.165, 1.54) is 6.08 Å². The summed E-state index contributed by atoms with van der Waals surface area (Å²) in [5.74, 6) is -0.767. The van der Waals surface area contributed by atoms with Crippen molar-refractivity contribution in [1.82, 2.24) is 4.98 Å². The second-order valence-electron chi connectivity index (χ2n) is 3.97. The summed E-state index contributed by atoms with van der Waals surface area (Å²) in [6.07, 6.45) is 2.93. The maximum Gasteiger partial charge on any atom is 0.340 e. The molecule has 19 heavy (non-hydrogen) atoms. The van der Waals surface area contributed by atoms with Crippen molar-refractivity contribution in [3.05, 3.63) is 28.6 Å². The smallest absolute Gasteiger partial charge is 0.340 e. The molecule has 0 atom stereocenters. The summed E-state index contributed by atoms with van der Waals surface area (Å²) in [7, 11) is 0. The van der Waals surface area contributed by atoms with Crippen LogP contribution in [0.2, 0.25) is 0 Å². The topological polar surface area (TPSA) is 68.4 Å². The highest BCUT2D eigenvalue weighted by Gasteiger charge is 2.17. The number of aromatic amines is 1. The number of carbonyl (C=O) groups is 2. The fraction of sp³-hybridized carbons (Fsp3) is 0.429. The minimum absolute atomic E-state index is 0.330. The van der Waals surface area contributed by atoms with E-state index in [0.717, 1.165) is 11.3 Å². The van der Waals surface area contributed by atoms with Crippen LogP contribution in [-0.2, 0) is 14.3 Å². The van der Waals surface area contributed by atoms with Crippen LogP contribution in [0, 0.1) is 13.8 Å². The Hall–Kier alpha value is -2.04. The summed E-state index contributed by atoms with van der Waals surface area (Å²) in [4.78, 5) is 26.1. The van der Waals surface area contributed by atoms with E-state index in [0.29, 0.717) is 24.5 Å². The summed E-state index contributed by atoms with van der Waals surface area (Å²) in [5, 5.41) is 0. The van der Waals surface area contributed by atoms with Gasteiger partial charge in [-0.25, -0.2) is 9.59 Å². The van der Waals surface area contributed by atoms with Crippen LogP contribution in [0.5, 0.6) is 0 Å². The number of ether oxygens (including phenoxy) is 2. The number of esters is 2. The van der Waals surface area contributed by atoms with Crippen molar-refractivity contribution in [3.63, 3.8) is 0 Å². The van der Waals surface area contributed by atoms with E-state index in [2.05, 4.69) is 4.98 Å². The molecule has 1 aromatic heterocycles. The van der Waals surface area contributed by atoms with Gasteiger partial charge >= 0.3 is 11.9 Å². The number of hydrogen-bond acceptors (Lipinski definition) is 4. The lowest BCUT2D eigenvalue weighted by Gasteiger charge is -2.01. The van der Waals surface area contributed by atoms with Gasteiger partial charge in [-0.15, -0.1) is 0 Å². The lowest BCUT2D eigenvalue weighted by atomic mass is 10.1. The predicted octanol–water partition coefficient (Wildman–Crippen LogP) is 2.38. The van der Waals surface area contributed by atoms with E-state index in [1.54, 1.807) is 33.8 Å². The Kier molecular flexibility index (Phi) is 5.36. The van der Waals surface area contributed by atoms with Gasteiger partial charge in [-0.3, -0.25) is 0 Å². The normalized spacial score (nSPS) is 10.7. The average Bonchev–Trinajstić information content (AvgIpc) is 2.62.